The molecule has 3 aliphatic heterocycles. The summed E-state index contributed by atoms with van der Waals surface area (Å²) in [5.74, 6) is 2.45. The number of piperazine rings is 1. The third-order valence-electron chi connectivity index (χ3n) is 11.8. The quantitative estimate of drug-likeness (QED) is 0.0827. The van der Waals surface area contributed by atoms with E-state index >= 15 is 13.2 Å². The molecule has 0 N–H and O–H groups in total. The molecule has 0 spiro atoms. The summed E-state index contributed by atoms with van der Waals surface area (Å²) >= 11 is 1.26. The van der Waals surface area contributed by atoms with Crippen molar-refractivity contribution in [3.63, 3.8) is 0 Å². The second-order valence-corrected chi connectivity index (χ2v) is 23.3. The lowest BCUT2D eigenvalue weighted by Gasteiger charge is -2.48. The van der Waals surface area contributed by atoms with Crippen LogP contribution in [0.1, 0.15) is 80.7 Å². The van der Waals surface area contributed by atoms with E-state index in [4.69, 9.17) is 19.4 Å². The Morgan fingerprint density at radius 2 is 1.73 bits per heavy atom. The number of anilines is 1. The molecular formula is C42H50F3N5O3SSi. The van der Waals surface area contributed by atoms with E-state index in [1.165, 1.54) is 17.8 Å². The molecule has 4 unspecified atom stereocenters. The number of nitrogens with zero attached hydrogens (tertiary/aromatic N) is 5. The Morgan fingerprint density at radius 1 is 1.02 bits per heavy atom. The van der Waals surface area contributed by atoms with E-state index < -0.39 is 56.3 Å². The zero-order valence-electron chi connectivity index (χ0n) is 33.3. The molecule has 13 heteroatoms. The van der Waals surface area contributed by atoms with Crippen molar-refractivity contribution in [2.24, 2.45) is 0 Å². The molecule has 1 amide bonds. The lowest BCUT2D eigenvalue weighted by molar-refractivity contribution is -0.00224. The van der Waals surface area contributed by atoms with Crippen molar-refractivity contribution in [3.05, 3.63) is 47.5 Å². The maximum absolute atomic E-state index is 17.4. The van der Waals surface area contributed by atoms with Crippen LogP contribution in [-0.4, -0.2) is 83.3 Å². The molecule has 2 aromatic carbocycles. The van der Waals surface area contributed by atoms with Gasteiger partial charge in [0.05, 0.1) is 23.7 Å². The summed E-state index contributed by atoms with van der Waals surface area (Å²) in [5, 5.41) is 1.66. The topological polar surface area (TPSA) is 80.7 Å². The van der Waals surface area contributed by atoms with E-state index in [1.54, 1.807) is 29.4 Å². The number of benzene rings is 2. The second-order valence-electron chi connectivity index (χ2n) is 16.9. The predicted molar refractivity (Wildman–Crippen MR) is 216 cm³/mol. The molecule has 8 nitrogen and oxygen atoms in total. The number of hydrogen-bond acceptors (Lipinski definition) is 8. The molecular weight excluding hydrogens is 740 g/mol. The van der Waals surface area contributed by atoms with Gasteiger partial charge in [-0.15, -0.1) is 5.54 Å². The van der Waals surface area contributed by atoms with E-state index in [1.807, 2.05) is 31.7 Å². The Kier molecular flexibility index (Phi) is 10.3. The van der Waals surface area contributed by atoms with Crippen LogP contribution in [-0.2, 0) is 4.74 Å². The second kappa shape index (κ2) is 14.5. The molecule has 7 rings (SSSR count). The highest BCUT2D eigenvalue weighted by Gasteiger charge is 2.55. The number of rotatable bonds is 6. The highest BCUT2D eigenvalue weighted by Crippen LogP contribution is 2.48. The minimum Gasteiger partial charge on any atom is -0.469 e. The van der Waals surface area contributed by atoms with Gasteiger partial charge in [-0.1, -0.05) is 83.5 Å². The standard InChI is InChI=1S/C42H50F3N5O3SSi/c1-22(2)55(23(3)4,24(5)6)19-18-27-29(44)16-14-25-12-11-13-28(32(25)27)35-34(45)36-33-38(48-40(47-36)54-10)49-21-26-15-17-30(50(26)41(51)53-42(7,8)9)37(49)31(20-43)52-39(33)46-35/h11-14,16,22-24,26,30-31,37H,15,17,20-21H2,1-10H3. The highest BCUT2D eigenvalue weighted by molar-refractivity contribution is 7.98. The van der Waals surface area contributed by atoms with Crippen LogP contribution < -0.4 is 9.64 Å². The average molecular weight is 790 g/mol. The number of halogens is 3. The van der Waals surface area contributed by atoms with Gasteiger partial charge in [-0.05, 0) is 67.9 Å². The van der Waals surface area contributed by atoms with Crippen LogP contribution in [0, 0.1) is 23.1 Å². The van der Waals surface area contributed by atoms with E-state index in [2.05, 4.69) is 58.0 Å². The first-order valence-corrected chi connectivity index (χ1v) is 22.7. The Bertz CT molecular complexity index is 2210. The van der Waals surface area contributed by atoms with Crippen molar-refractivity contribution in [2.75, 3.05) is 24.4 Å². The van der Waals surface area contributed by atoms with Gasteiger partial charge in [0.1, 0.15) is 48.6 Å². The number of hydrogen-bond donors (Lipinski definition) is 0. The fourth-order valence-electron chi connectivity index (χ4n) is 9.54. The zero-order chi connectivity index (χ0) is 39.7. The van der Waals surface area contributed by atoms with Crippen molar-refractivity contribution in [3.8, 4) is 28.6 Å². The molecule has 4 atom stereocenters. The summed E-state index contributed by atoms with van der Waals surface area (Å²) in [4.78, 5) is 31.6. The number of carbonyl (C=O) groups excluding carboxylic acids is 1. The fraction of sp³-hybridized carbons (Fsp3) is 0.524. The van der Waals surface area contributed by atoms with Crippen LogP contribution in [0.15, 0.2) is 35.5 Å². The summed E-state index contributed by atoms with van der Waals surface area (Å²) in [6, 6.07) is 7.06. The Morgan fingerprint density at radius 3 is 2.36 bits per heavy atom. The summed E-state index contributed by atoms with van der Waals surface area (Å²) in [7, 11) is -2.28. The maximum atomic E-state index is 17.4. The zero-order valence-corrected chi connectivity index (χ0v) is 35.1. The van der Waals surface area contributed by atoms with Crippen LogP contribution in [0.25, 0.3) is 32.9 Å². The number of pyridine rings is 1. The number of alkyl halides is 1. The molecule has 0 saturated carbocycles. The number of ether oxygens (including phenoxy) is 2. The van der Waals surface area contributed by atoms with Crippen molar-refractivity contribution < 1.29 is 27.4 Å². The van der Waals surface area contributed by atoms with E-state index in [-0.39, 0.29) is 34.1 Å². The number of thioether (sulfide) groups is 1. The molecule has 0 radical (unpaired) electrons. The minimum absolute atomic E-state index is 0.0160. The van der Waals surface area contributed by atoms with E-state index in [0.29, 0.717) is 63.3 Å². The van der Waals surface area contributed by atoms with Crippen LogP contribution >= 0.6 is 11.8 Å². The van der Waals surface area contributed by atoms with Crippen LogP contribution in [0.4, 0.5) is 23.8 Å². The van der Waals surface area contributed by atoms with Gasteiger partial charge < -0.3 is 14.4 Å². The number of aromatic nitrogens is 3. The third-order valence-corrected chi connectivity index (χ3v) is 18.6. The lowest BCUT2D eigenvalue weighted by atomic mass is 9.96. The molecule has 292 valence electrons. The Labute approximate surface area is 327 Å². The Hall–Kier alpha value is -4.02. The minimum atomic E-state index is -2.28. The van der Waals surface area contributed by atoms with Crippen LogP contribution in [0.2, 0.25) is 16.6 Å². The number of fused-ring (bicyclic) bond motifs is 6. The van der Waals surface area contributed by atoms with Gasteiger partial charge in [0, 0.05) is 17.5 Å². The molecule has 2 fully saturated rings. The molecule has 2 saturated heterocycles. The third kappa shape index (κ3) is 6.51. The highest BCUT2D eigenvalue weighted by atomic mass is 32.2. The summed E-state index contributed by atoms with van der Waals surface area (Å²) in [6.45, 7) is 18.1. The van der Waals surface area contributed by atoms with Gasteiger partial charge in [-0.3, -0.25) is 4.90 Å². The molecule has 2 aromatic heterocycles. The van der Waals surface area contributed by atoms with Crippen molar-refractivity contribution in [2.45, 2.75) is 127 Å². The Balaban J connectivity index is 1.44. The molecule has 0 aliphatic carbocycles. The molecule has 4 aromatic rings. The number of carbonyl (C=O) groups is 1. The van der Waals surface area contributed by atoms with Crippen LogP contribution in [0.3, 0.4) is 0 Å². The summed E-state index contributed by atoms with van der Waals surface area (Å²) < 4.78 is 61.2. The monoisotopic (exact) mass is 789 g/mol. The van der Waals surface area contributed by atoms with Gasteiger partial charge >= 0.3 is 6.09 Å². The molecule has 55 heavy (non-hydrogen) atoms. The smallest absolute Gasteiger partial charge is 0.410 e. The van der Waals surface area contributed by atoms with E-state index in [0.717, 1.165) is 0 Å². The fourth-order valence-corrected chi connectivity index (χ4v) is 15.1. The first-order chi connectivity index (χ1) is 26.0. The first kappa shape index (κ1) is 39.2. The molecule has 3 aliphatic rings. The molecule has 5 heterocycles. The van der Waals surface area contributed by atoms with Gasteiger partial charge in [0.2, 0.25) is 5.88 Å². The normalized spacial score (nSPS) is 20.9. The first-order valence-electron chi connectivity index (χ1n) is 19.2. The summed E-state index contributed by atoms with van der Waals surface area (Å²) in [5.41, 5.74) is 4.27. The van der Waals surface area contributed by atoms with Gasteiger partial charge in [0.15, 0.2) is 17.1 Å². The number of amides is 1. The largest absolute Gasteiger partial charge is 0.469 e. The SMILES string of the molecule is CSc1nc2c3c(nc(-c4cccc5ccc(F)c(C#C[Si](C(C)C)(C(C)C)C(C)C)c45)c(F)c3n1)OC(CF)C1C3CCC(CN21)N3C(=O)OC(C)(C)C. The van der Waals surface area contributed by atoms with Crippen molar-refractivity contribution in [1.82, 2.24) is 19.9 Å². The molecule has 2 bridgehead atoms. The maximum Gasteiger partial charge on any atom is 0.410 e. The van der Waals surface area contributed by atoms with Crippen molar-refractivity contribution >= 4 is 53.4 Å². The van der Waals surface area contributed by atoms with Gasteiger partial charge in [0.25, 0.3) is 0 Å². The van der Waals surface area contributed by atoms with Gasteiger partial charge in [-0.2, -0.15) is 0 Å². The lowest BCUT2D eigenvalue weighted by Crippen LogP contribution is -2.66. The van der Waals surface area contributed by atoms with Crippen molar-refractivity contribution in [1.29, 1.82) is 0 Å². The van der Waals surface area contributed by atoms with Gasteiger partial charge in [-0.25, -0.2) is 32.9 Å². The average Bonchev–Trinajstić information content (AvgIpc) is 3.37. The summed E-state index contributed by atoms with van der Waals surface area (Å²) in [6.07, 6.45) is 1.57. The predicted octanol–water partition coefficient (Wildman–Crippen LogP) is 10.1. The van der Waals surface area contributed by atoms with Crippen LogP contribution in [0.5, 0.6) is 5.88 Å². The van der Waals surface area contributed by atoms with E-state index in [9.17, 15) is 4.79 Å².